The predicted molar refractivity (Wildman–Crippen MR) is 61.5 cm³/mol. The molecule has 1 aromatic carbocycles. The monoisotopic (exact) mass is 267 g/mol. The van der Waals surface area contributed by atoms with Crippen LogP contribution in [0.1, 0.15) is 5.56 Å². The van der Waals surface area contributed by atoms with Crippen LogP contribution in [-0.2, 0) is 6.42 Å². The second-order valence-electron chi connectivity index (χ2n) is 3.42. The Balaban J connectivity index is 2.07. The van der Waals surface area contributed by atoms with Crippen molar-refractivity contribution in [3.05, 3.63) is 35.6 Å². The lowest BCUT2D eigenvalue weighted by Crippen LogP contribution is -2.21. The van der Waals surface area contributed by atoms with E-state index < -0.39 is 5.51 Å². The normalized spacial score (nSPS) is 11.8. The molecule has 6 heteroatoms. The summed E-state index contributed by atoms with van der Waals surface area (Å²) in [5, 5.41) is 2.91. The number of nitrogens with one attached hydrogen (secondary N) is 1. The molecule has 0 bridgehead atoms. The summed E-state index contributed by atoms with van der Waals surface area (Å²) in [5.41, 5.74) is -3.19. The predicted octanol–water partition coefficient (Wildman–Crippen LogP) is 3.21. The van der Waals surface area contributed by atoms with Gasteiger partial charge >= 0.3 is 5.51 Å². The summed E-state index contributed by atoms with van der Waals surface area (Å²) >= 11 is -0.0303. The maximum absolute atomic E-state index is 12.6. The van der Waals surface area contributed by atoms with Gasteiger partial charge in [-0.3, -0.25) is 0 Å². The molecule has 0 amide bonds. The lowest BCUT2D eigenvalue weighted by Gasteiger charge is -2.06. The standard InChI is InChI=1S/C11H13F4NS/c12-10-3-1-9(2-4-10)5-6-16-7-8-17-11(13,14)15/h1-4,16H,5-8H2. The van der Waals surface area contributed by atoms with E-state index in [1.54, 1.807) is 12.1 Å². The number of thioether (sulfide) groups is 1. The molecule has 0 aromatic heterocycles. The smallest absolute Gasteiger partial charge is 0.316 e. The van der Waals surface area contributed by atoms with E-state index in [9.17, 15) is 17.6 Å². The molecule has 0 spiro atoms. The average Bonchev–Trinajstić information content (AvgIpc) is 2.24. The van der Waals surface area contributed by atoms with Gasteiger partial charge < -0.3 is 5.32 Å². The van der Waals surface area contributed by atoms with Crippen molar-refractivity contribution >= 4 is 11.8 Å². The largest absolute Gasteiger partial charge is 0.441 e. The van der Waals surface area contributed by atoms with Gasteiger partial charge in [0.15, 0.2) is 0 Å². The topological polar surface area (TPSA) is 12.0 Å². The van der Waals surface area contributed by atoms with E-state index in [0.29, 0.717) is 19.5 Å². The Morgan fingerprint density at radius 3 is 2.29 bits per heavy atom. The Morgan fingerprint density at radius 2 is 1.71 bits per heavy atom. The number of hydrogen-bond acceptors (Lipinski definition) is 2. The lowest BCUT2D eigenvalue weighted by atomic mass is 10.1. The molecule has 0 saturated heterocycles. The number of halogens is 4. The zero-order valence-electron chi connectivity index (χ0n) is 9.06. The third kappa shape index (κ3) is 7.23. The van der Waals surface area contributed by atoms with Gasteiger partial charge in [-0.15, -0.1) is 0 Å². The minimum atomic E-state index is -4.15. The summed E-state index contributed by atoms with van der Waals surface area (Å²) < 4.78 is 47.9. The zero-order chi connectivity index (χ0) is 12.7. The lowest BCUT2D eigenvalue weighted by molar-refractivity contribution is -0.0327. The van der Waals surface area contributed by atoms with Crippen molar-refractivity contribution in [2.45, 2.75) is 11.9 Å². The van der Waals surface area contributed by atoms with E-state index in [1.165, 1.54) is 12.1 Å². The number of rotatable bonds is 6. The molecule has 0 radical (unpaired) electrons. The summed E-state index contributed by atoms with van der Waals surface area (Å²) in [4.78, 5) is 0. The van der Waals surface area contributed by atoms with E-state index >= 15 is 0 Å². The molecule has 0 unspecified atom stereocenters. The van der Waals surface area contributed by atoms with Crippen LogP contribution in [0.2, 0.25) is 0 Å². The summed E-state index contributed by atoms with van der Waals surface area (Å²) in [6.07, 6.45) is 0.678. The first kappa shape index (κ1) is 14.3. The fourth-order valence-electron chi connectivity index (χ4n) is 1.25. The molecule has 0 aliphatic carbocycles. The van der Waals surface area contributed by atoms with Gasteiger partial charge in [0.05, 0.1) is 0 Å². The maximum atomic E-state index is 12.6. The molecule has 96 valence electrons. The third-order valence-electron chi connectivity index (χ3n) is 2.05. The van der Waals surface area contributed by atoms with Gasteiger partial charge in [0.1, 0.15) is 5.82 Å². The average molecular weight is 267 g/mol. The Hall–Kier alpha value is -0.750. The third-order valence-corrected chi connectivity index (χ3v) is 2.78. The van der Waals surface area contributed by atoms with Crippen molar-refractivity contribution in [1.82, 2.24) is 5.32 Å². The van der Waals surface area contributed by atoms with Gasteiger partial charge in [-0.1, -0.05) is 12.1 Å². The van der Waals surface area contributed by atoms with Crippen LogP contribution in [0.3, 0.4) is 0 Å². The van der Waals surface area contributed by atoms with E-state index in [4.69, 9.17) is 0 Å². The Kier molecular flexibility index (Phi) is 5.77. The fraction of sp³-hybridized carbons (Fsp3) is 0.455. The molecule has 1 nitrogen and oxygen atoms in total. The molecule has 17 heavy (non-hydrogen) atoms. The van der Waals surface area contributed by atoms with Gasteiger partial charge in [-0.05, 0) is 42.4 Å². The van der Waals surface area contributed by atoms with Gasteiger partial charge in [0, 0.05) is 12.3 Å². The fourth-order valence-corrected chi connectivity index (χ4v) is 1.73. The van der Waals surface area contributed by atoms with Crippen LogP contribution in [0.4, 0.5) is 17.6 Å². The summed E-state index contributed by atoms with van der Waals surface area (Å²) in [6.45, 7) is 0.898. The highest BCUT2D eigenvalue weighted by atomic mass is 32.2. The summed E-state index contributed by atoms with van der Waals surface area (Å²) in [6, 6.07) is 6.08. The van der Waals surface area contributed by atoms with Crippen LogP contribution in [0.25, 0.3) is 0 Å². The van der Waals surface area contributed by atoms with Crippen molar-refractivity contribution in [1.29, 1.82) is 0 Å². The Labute approximate surface area is 102 Å². The van der Waals surface area contributed by atoms with Crippen molar-refractivity contribution < 1.29 is 17.6 Å². The first-order valence-corrected chi connectivity index (χ1v) is 6.12. The molecule has 1 N–H and O–H groups in total. The molecule has 0 heterocycles. The number of alkyl halides is 3. The SMILES string of the molecule is Fc1ccc(CCNCCSC(F)(F)F)cc1. The van der Waals surface area contributed by atoms with Gasteiger partial charge in [-0.2, -0.15) is 13.2 Å². The minimum absolute atomic E-state index is 0.00686. The van der Waals surface area contributed by atoms with E-state index in [2.05, 4.69) is 5.32 Å². The number of hydrogen-bond donors (Lipinski definition) is 1. The molecular weight excluding hydrogens is 254 g/mol. The van der Waals surface area contributed by atoms with Crippen molar-refractivity contribution in [3.8, 4) is 0 Å². The molecule has 0 atom stereocenters. The van der Waals surface area contributed by atoms with Crippen LogP contribution in [0.15, 0.2) is 24.3 Å². The molecule has 0 aliphatic rings. The number of benzene rings is 1. The van der Waals surface area contributed by atoms with Crippen molar-refractivity contribution in [3.63, 3.8) is 0 Å². The quantitative estimate of drug-likeness (QED) is 0.627. The molecule has 0 saturated carbocycles. The van der Waals surface area contributed by atoms with Gasteiger partial charge in [-0.25, -0.2) is 4.39 Å². The highest BCUT2D eigenvalue weighted by Gasteiger charge is 2.27. The van der Waals surface area contributed by atoms with E-state index in [0.717, 1.165) is 5.56 Å². The molecule has 1 aromatic rings. The molecular formula is C11H13F4NS. The summed E-state index contributed by atoms with van der Waals surface area (Å²) in [7, 11) is 0. The second kappa shape index (κ2) is 6.86. The first-order chi connectivity index (χ1) is 7.97. The van der Waals surface area contributed by atoms with Crippen molar-refractivity contribution in [2.24, 2.45) is 0 Å². The van der Waals surface area contributed by atoms with Crippen LogP contribution < -0.4 is 5.32 Å². The van der Waals surface area contributed by atoms with Crippen LogP contribution >= 0.6 is 11.8 Å². The first-order valence-electron chi connectivity index (χ1n) is 5.13. The van der Waals surface area contributed by atoms with E-state index in [-0.39, 0.29) is 23.3 Å². The highest BCUT2D eigenvalue weighted by Crippen LogP contribution is 2.29. The van der Waals surface area contributed by atoms with Crippen LogP contribution in [0, 0.1) is 5.82 Å². The second-order valence-corrected chi connectivity index (χ2v) is 4.58. The highest BCUT2D eigenvalue weighted by molar-refractivity contribution is 8.00. The maximum Gasteiger partial charge on any atom is 0.441 e. The minimum Gasteiger partial charge on any atom is -0.316 e. The van der Waals surface area contributed by atoms with Crippen LogP contribution in [0.5, 0.6) is 0 Å². The van der Waals surface area contributed by atoms with E-state index in [1.807, 2.05) is 0 Å². The molecule has 1 rings (SSSR count). The summed E-state index contributed by atoms with van der Waals surface area (Å²) in [5.74, 6) is -0.282. The van der Waals surface area contributed by atoms with Gasteiger partial charge in [0.25, 0.3) is 0 Å². The zero-order valence-corrected chi connectivity index (χ0v) is 9.87. The molecule has 0 fully saturated rings. The van der Waals surface area contributed by atoms with Crippen LogP contribution in [-0.4, -0.2) is 24.4 Å². The van der Waals surface area contributed by atoms with Crippen molar-refractivity contribution in [2.75, 3.05) is 18.8 Å². The molecule has 0 aliphatic heterocycles. The Morgan fingerprint density at radius 1 is 1.06 bits per heavy atom. The van der Waals surface area contributed by atoms with Gasteiger partial charge in [0.2, 0.25) is 0 Å². The Bertz CT molecular complexity index is 323.